The smallest absolute Gasteiger partial charge is 0.242 e. The number of nitrogens with zero attached hydrogens (tertiary/aromatic N) is 5. The number of aryl methyl sites for hydroxylation is 1. The molecule has 0 aliphatic carbocycles. The van der Waals surface area contributed by atoms with E-state index in [1.165, 1.54) is 0 Å². The van der Waals surface area contributed by atoms with E-state index in [0.29, 0.717) is 29.7 Å². The molecule has 1 aromatic carbocycles. The predicted molar refractivity (Wildman–Crippen MR) is 124 cm³/mol. The lowest BCUT2D eigenvalue weighted by molar-refractivity contribution is -0.122. The molecule has 2 aromatic heterocycles. The standard InChI is InChI=1S/C23H27ClN6O2/c1-3-17-14-21(28-23(27-17)29-12-10-25-15-29)30-11-4-5-19(30)22(31)26-9-8-16-6-7-20(32-2)18(24)13-16/h6-7,10,12-15,19H,3-5,8-9,11H2,1-2H3,(H,26,31). The monoisotopic (exact) mass is 454 g/mol. The number of benzene rings is 1. The first-order valence-corrected chi connectivity index (χ1v) is 11.2. The number of imidazole rings is 1. The van der Waals surface area contributed by atoms with E-state index >= 15 is 0 Å². The van der Waals surface area contributed by atoms with Gasteiger partial charge in [-0.15, -0.1) is 0 Å². The molecule has 4 rings (SSSR count). The summed E-state index contributed by atoms with van der Waals surface area (Å²) in [5.41, 5.74) is 1.98. The van der Waals surface area contributed by atoms with E-state index in [9.17, 15) is 4.79 Å². The molecule has 1 fully saturated rings. The number of anilines is 1. The van der Waals surface area contributed by atoms with Crippen molar-refractivity contribution in [2.24, 2.45) is 0 Å². The number of carbonyl (C=O) groups is 1. The van der Waals surface area contributed by atoms with Gasteiger partial charge in [-0.05, 0) is 43.4 Å². The number of halogens is 1. The zero-order chi connectivity index (χ0) is 22.5. The summed E-state index contributed by atoms with van der Waals surface area (Å²) in [5, 5.41) is 3.65. The lowest BCUT2D eigenvalue weighted by Gasteiger charge is -2.25. The third-order valence-corrected chi connectivity index (χ3v) is 5.93. The Labute approximate surface area is 192 Å². The summed E-state index contributed by atoms with van der Waals surface area (Å²) in [6.07, 6.45) is 8.41. The van der Waals surface area contributed by atoms with Gasteiger partial charge >= 0.3 is 0 Å². The van der Waals surface area contributed by atoms with Crippen molar-refractivity contribution in [3.05, 3.63) is 59.3 Å². The molecular weight excluding hydrogens is 428 g/mol. The van der Waals surface area contributed by atoms with Gasteiger partial charge < -0.3 is 15.0 Å². The van der Waals surface area contributed by atoms with Crippen LogP contribution in [-0.4, -0.2) is 51.7 Å². The van der Waals surface area contributed by atoms with E-state index < -0.39 is 0 Å². The minimum atomic E-state index is -0.246. The van der Waals surface area contributed by atoms with E-state index in [1.807, 2.05) is 30.5 Å². The van der Waals surface area contributed by atoms with E-state index in [1.54, 1.807) is 24.2 Å². The molecule has 1 N–H and O–H groups in total. The van der Waals surface area contributed by atoms with Crippen LogP contribution < -0.4 is 15.0 Å². The molecule has 1 aliphatic heterocycles. The Bertz CT molecular complexity index is 1070. The Morgan fingerprint density at radius 2 is 2.19 bits per heavy atom. The fourth-order valence-electron chi connectivity index (χ4n) is 3.92. The molecule has 32 heavy (non-hydrogen) atoms. The van der Waals surface area contributed by atoms with Gasteiger partial charge in [0.25, 0.3) is 0 Å². The van der Waals surface area contributed by atoms with Gasteiger partial charge in [-0.3, -0.25) is 9.36 Å². The molecule has 1 aliphatic rings. The zero-order valence-electron chi connectivity index (χ0n) is 18.3. The lowest BCUT2D eigenvalue weighted by atomic mass is 10.1. The van der Waals surface area contributed by atoms with Crippen LogP contribution >= 0.6 is 11.6 Å². The van der Waals surface area contributed by atoms with Gasteiger partial charge in [0.05, 0.1) is 12.1 Å². The molecule has 1 amide bonds. The molecule has 1 saturated heterocycles. The number of aromatic nitrogens is 4. The summed E-state index contributed by atoms with van der Waals surface area (Å²) in [6.45, 7) is 3.38. The summed E-state index contributed by atoms with van der Waals surface area (Å²) in [5.74, 6) is 2.01. The lowest BCUT2D eigenvalue weighted by Crippen LogP contribution is -2.44. The maximum Gasteiger partial charge on any atom is 0.242 e. The average Bonchev–Trinajstić information content (AvgIpc) is 3.51. The second-order valence-corrected chi connectivity index (χ2v) is 8.11. The molecule has 0 spiro atoms. The summed E-state index contributed by atoms with van der Waals surface area (Å²) in [6, 6.07) is 7.41. The molecule has 1 atom stereocenters. The number of carbonyl (C=O) groups excluding carboxylic acids is 1. The highest BCUT2D eigenvalue weighted by molar-refractivity contribution is 6.32. The third kappa shape index (κ3) is 4.85. The van der Waals surface area contributed by atoms with Crippen molar-refractivity contribution in [1.82, 2.24) is 24.8 Å². The van der Waals surface area contributed by atoms with Crippen molar-refractivity contribution in [2.45, 2.75) is 38.6 Å². The predicted octanol–water partition coefficient (Wildman–Crippen LogP) is 3.21. The maximum atomic E-state index is 13.0. The topological polar surface area (TPSA) is 85.2 Å². The van der Waals surface area contributed by atoms with Gasteiger partial charge in [0.2, 0.25) is 11.9 Å². The normalized spacial score (nSPS) is 15.7. The van der Waals surface area contributed by atoms with Crippen LogP contribution in [-0.2, 0) is 17.6 Å². The van der Waals surface area contributed by atoms with Crippen molar-refractivity contribution in [3.63, 3.8) is 0 Å². The van der Waals surface area contributed by atoms with Gasteiger partial charge in [0.1, 0.15) is 23.9 Å². The van der Waals surface area contributed by atoms with Crippen LogP contribution in [0.15, 0.2) is 43.0 Å². The summed E-state index contributed by atoms with van der Waals surface area (Å²) < 4.78 is 6.98. The first-order chi connectivity index (χ1) is 15.6. The van der Waals surface area contributed by atoms with Crippen LogP contribution in [0.5, 0.6) is 5.75 Å². The Balaban J connectivity index is 1.43. The minimum Gasteiger partial charge on any atom is -0.495 e. The molecule has 1 unspecified atom stereocenters. The Hall–Kier alpha value is -3.13. The summed E-state index contributed by atoms with van der Waals surface area (Å²) in [4.78, 5) is 28.5. The molecule has 3 aromatic rings. The number of hydrogen-bond donors (Lipinski definition) is 1. The van der Waals surface area contributed by atoms with Crippen molar-refractivity contribution < 1.29 is 9.53 Å². The molecule has 9 heteroatoms. The largest absolute Gasteiger partial charge is 0.495 e. The molecule has 0 bridgehead atoms. The van der Waals surface area contributed by atoms with E-state index in [2.05, 4.69) is 27.1 Å². The minimum absolute atomic E-state index is 0.0166. The molecule has 3 heterocycles. The van der Waals surface area contributed by atoms with Crippen LogP contribution in [0.2, 0.25) is 5.02 Å². The molecular formula is C23H27ClN6O2. The van der Waals surface area contributed by atoms with Crippen molar-refractivity contribution in [3.8, 4) is 11.7 Å². The van der Waals surface area contributed by atoms with Crippen LogP contribution in [0.3, 0.4) is 0 Å². The van der Waals surface area contributed by atoms with Gasteiger partial charge in [0, 0.05) is 37.2 Å². The molecule has 8 nitrogen and oxygen atoms in total. The second-order valence-electron chi connectivity index (χ2n) is 7.70. The van der Waals surface area contributed by atoms with Crippen LogP contribution in [0, 0.1) is 0 Å². The highest BCUT2D eigenvalue weighted by Crippen LogP contribution is 2.26. The van der Waals surface area contributed by atoms with Gasteiger partial charge in [0.15, 0.2) is 0 Å². The van der Waals surface area contributed by atoms with E-state index in [0.717, 1.165) is 42.9 Å². The number of hydrogen-bond acceptors (Lipinski definition) is 6. The summed E-state index contributed by atoms with van der Waals surface area (Å²) >= 11 is 6.20. The number of methoxy groups -OCH3 is 1. The van der Waals surface area contributed by atoms with Crippen molar-refractivity contribution in [1.29, 1.82) is 0 Å². The maximum absolute atomic E-state index is 13.0. The Morgan fingerprint density at radius 1 is 1.31 bits per heavy atom. The summed E-state index contributed by atoms with van der Waals surface area (Å²) in [7, 11) is 1.59. The van der Waals surface area contributed by atoms with Crippen molar-refractivity contribution in [2.75, 3.05) is 25.1 Å². The van der Waals surface area contributed by atoms with Crippen molar-refractivity contribution >= 4 is 23.3 Å². The zero-order valence-corrected chi connectivity index (χ0v) is 19.0. The average molecular weight is 455 g/mol. The highest BCUT2D eigenvalue weighted by Gasteiger charge is 2.32. The van der Waals surface area contributed by atoms with E-state index in [4.69, 9.17) is 21.3 Å². The third-order valence-electron chi connectivity index (χ3n) is 5.63. The van der Waals surface area contributed by atoms with Gasteiger partial charge in [-0.1, -0.05) is 24.6 Å². The van der Waals surface area contributed by atoms with Crippen LogP contribution in [0.4, 0.5) is 5.82 Å². The second kappa shape index (κ2) is 9.99. The number of ether oxygens (including phenoxy) is 1. The van der Waals surface area contributed by atoms with E-state index in [-0.39, 0.29) is 11.9 Å². The SMILES string of the molecule is CCc1cc(N2CCCC2C(=O)NCCc2ccc(OC)c(Cl)c2)nc(-n2ccnc2)n1. The van der Waals surface area contributed by atoms with Gasteiger partial charge in [-0.2, -0.15) is 4.98 Å². The fourth-order valence-corrected chi connectivity index (χ4v) is 4.20. The van der Waals surface area contributed by atoms with Crippen LogP contribution in [0.25, 0.3) is 5.95 Å². The molecule has 168 valence electrons. The number of amides is 1. The number of rotatable bonds is 8. The molecule has 0 radical (unpaired) electrons. The molecule has 0 saturated carbocycles. The Morgan fingerprint density at radius 3 is 2.91 bits per heavy atom. The first kappa shape index (κ1) is 22.1. The fraction of sp³-hybridized carbons (Fsp3) is 0.391. The Kier molecular flexibility index (Phi) is 6.90. The number of nitrogens with one attached hydrogen (secondary N) is 1. The van der Waals surface area contributed by atoms with Crippen LogP contribution in [0.1, 0.15) is 31.0 Å². The quantitative estimate of drug-likeness (QED) is 0.562. The van der Waals surface area contributed by atoms with Gasteiger partial charge in [-0.25, -0.2) is 9.97 Å². The highest BCUT2D eigenvalue weighted by atomic mass is 35.5. The first-order valence-electron chi connectivity index (χ1n) is 10.8.